The second-order valence-electron chi connectivity index (χ2n) is 5.28. The molecule has 0 saturated carbocycles. The molecule has 2 rings (SSSR count). The van der Waals surface area contributed by atoms with Crippen molar-refractivity contribution in [3.63, 3.8) is 0 Å². The van der Waals surface area contributed by atoms with Crippen molar-refractivity contribution in [3.05, 3.63) is 29.6 Å². The van der Waals surface area contributed by atoms with Crippen LogP contribution in [-0.2, 0) is 0 Å². The summed E-state index contributed by atoms with van der Waals surface area (Å²) in [5.74, 6) is 1.71. The Balaban J connectivity index is 2.24. The highest BCUT2D eigenvalue weighted by Crippen LogP contribution is 2.36. The van der Waals surface area contributed by atoms with Gasteiger partial charge in [-0.25, -0.2) is 4.39 Å². The minimum absolute atomic E-state index is 0.115. The summed E-state index contributed by atoms with van der Waals surface area (Å²) in [5, 5.41) is 12.4. The molecule has 1 unspecified atom stereocenters. The number of hydrogen-bond acceptors (Lipinski definition) is 3. The highest BCUT2D eigenvalue weighted by atomic mass is 32.2. The van der Waals surface area contributed by atoms with Crippen molar-refractivity contribution in [2.75, 3.05) is 16.8 Å². The van der Waals surface area contributed by atoms with E-state index in [1.165, 1.54) is 11.8 Å². The van der Waals surface area contributed by atoms with Crippen molar-refractivity contribution in [2.24, 2.45) is 5.41 Å². The molecule has 4 heteroatoms. The van der Waals surface area contributed by atoms with Crippen molar-refractivity contribution >= 4 is 17.4 Å². The number of halogens is 1. The number of benzene rings is 1. The molecule has 0 aromatic heterocycles. The largest absolute Gasteiger partial charge is 0.380 e. The van der Waals surface area contributed by atoms with Gasteiger partial charge in [0.2, 0.25) is 0 Å². The fourth-order valence-corrected chi connectivity index (χ4v) is 3.73. The number of nitrogens with one attached hydrogen (secondary N) is 1. The van der Waals surface area contributed by atoms with Gasteiger partial charge >= 0.3 is 0 Å². The highest BCUT2D eigenvalue weighted by molar-refractivity contribution is 7.99. The van der Waals surface area contributed by atoms with Gasteiger partial charge in [0.25, 0.3) is 0 Å². The predicted molar refractivity (Wildman–Crippen MR) is 74.2 cm³/mol. The van der Waals surface area contributed by atoms with Gasteiger partial charge in [-0.3, -0.25) is 0 Å². The third-order valence-corrected chi connectivity index (χ3v) is 4.64. The average molecular weight is 264 g/mol. The molecular weight excluding hydrogens is 247 g/mol. The zero-order valence-corrected chi connectivity index (χ0v) is 11.5. The minimum Gasteiger partial charge on any atom is -0.380 e. The zero-order valence-electron chi connectivity index (χ0n) is 10.7. The molecule has 1 aromatic carbocycles. The molecule has 0 radical (unpaired) electrons. The van der Waals surface area contributed by atoms with E-state index in [0.717, 1.165) is 12.2 Å². The van der Waals surface area contributed by atoms with Crippen LogP contribution in [-0.4, -0.2) is 17.5 Å². The van der Waals surface area contributed by atoms with Crippen LogP contribution in [0.3, 0.4) is 0 Å². The molecule has 0 aliphatic carbocycles. The molecule has 1 saturated heterocycles. The molecule has 0 amide bonds. The molecule has 0 spiro atoms. The lowest BCUT2D eigenvalue weighted by atomic mass is 9.82. The van der Waals surface area contributed by atoms with Gasteiger partial charge in [0.15, 0.2) is 0 Å². The summed E-state index contributed by atoms with van der Waals surface area (Å²) in [6.07, 6.45) is 1.13. The van der Waals surface area contributed by atoms with Gasteiger partial charge in [-0.1, -0.05) is 19.9 Å². The molecule has 2 nitrogen and oxygen atoms in total. The minimum atomic E-state index is -0.455. The number of hydrogen-bond donors (Lipinski definition) is 1. The lowest BCUT2D eigenvalue weighted by Gasteiger charge is -2.39. The van der Waals surface area contributed by atoms with E-state index in [0.29, 0.717) is 5.69 Å². The summed E-state index contributed by atoms with van der Waals surface area (Å²) in [7, 11) is 0. The third-order valence-electron chi connectivity index (χ3n) is 3.57. The first-order valence-corrected chi connectivity index (χ1v) is 7.23. The molecule has 1 N–H and O–H groups in total. The normalized spacial score (nSPS) is 22.2. The van der Waals surface area contributed by atoms with Crippen molar-refractivity contribution in [2.45, 2.75) is 26.3 Å². The van der Waals surface area contributed by atoms with Crippen LogP contribution >= 0.6 is 11.8 Å². The molecule has 1 heterocycles. The topological polar surface area (TPSA) is 35.8 Å². The average Bonchev–Trinajstić information content (AvgIpc) is 2.32. The van der Waals surface area contributed by atoms with Crippen LogP contribution in [0.15, 0.2) is 18.2 Å². The number of thioether (sulfide) groups is 1. The first-order chi connectivity index (χ1) is 8.54. The number of nitrogens with zero attached hydrogens (tertiary/aromatic N) is 1. The van der Waals surface area contributed by atoms with Gasteiger partial charge in [-0.15, -0.1) is 0 Å². The Hall–Kier alpha value is -1.21. The van der Waals surface area contributed by atoms with Gasteiger partial charge < -0.3 is 5.32 Å². The summed E-state index contributed by atoms with van der Waals surface area (Å²) in [4.78, 5) is 0. The Morgan fingerprint density at radius 3 is 2.94 bits per heavy atom. The second-order valence-corrected chi connectivity index (χ2v) is 6.43. The van der Waals surface area contributed by atoms with Crippen LogP contribution in [0.1, 0.15) is 25.8 Å². The SMILES string of the molecule is CC1(C)CCSCC1Nc1cccc(F)c1C#N. The molecule has 1 fully saturated rings. The van der Waals surface area contributed by atoms with Gasteiger partial charge in [0.05, 0.1) is 5.69 Å². The Bertz CT molecular complexity index is 479. The number of rotatable bonds is 2. The third kappa shape index (κ3) is 2.62. The van der Waals surface area contributed by atoms with E-state index in [9.17, 15) is 4.39 Å². The number of nitriles is 1. The van der Waals surface area contributed by atoms with E-state index in [1.807, 2.05) is 17.8 Å². The van der Waals surface area contributed by atoms with Gasteiger partial charge in [0, 0.05) is 11.8 Å². The molecule has 1 aliphatic rings. The van der Waals surface area contributed by atoms with Crippen LogP contribution in [0.5, 0.6) is 0 Å². The van der Waals surface area contributed by atoms with Crippen molar-refractivity contribution < 1.29 is 4.39 Å². The maximum Gasteiger partial charge on any atom is 0.143 e. The van der Waals surface area contributed by atoms with E-state index < -0.39 is 5.82 Å². The summed E-state index contributed by atoms with van der Waals surface area (Å²) in [6.45, 7) is 4.44. The first-order valence-electron chi connectivity index (χ1n) is 6.07. The van der Waals surface area contributed by atoms with Crippen LogP contribution < -0.4 is 5.32 Å². The standard InChI is InChI=1S/C14H17FN2S/c1-14(2)6-7-18-9-13(14)17-12-5-3-4-11(15)10(12)8-16/h3-5,13,17H,6-7,9H2,1-2H3. The summed E-state index contributed by atoms with van der Waals surface area (Å²) in [6, 6.07) is 6.94. The van der Waals surface area contributed by atoms with E-state index in [1.54, 1.807) is 12.1 Å². The van der Waals surface area contributed by atoms with Crippen LogP contribution in [0.4, 0.5) is 10.1 Å². The summed E-state index contributed by atoms with van der Waals surface area (Å²) < 4.78 is 13.5. The fraction of sp³-hybridized carbons (Fsp3) is 0.500. The van der Waals surface area contributed by atoms with Crippen molar-refractivity contribution in [1.82, 2.24) is 0 Å². The van der Waals surface area contributed by atoms with E-state index in [2.05, 4.69) is 19.2 Å². The van der Waals surface area contributed by atoms with E-state index in [4.69, 9.17) is 5.26 Å². The molecule has 1 atom stereocenters. The Labute approximate surface area is 112 Å². The quantitative estimate of drug-likeness (QED) is 0.885. The monoisotopic (exact) mass is 264 g/mol. The first kappa shape index (κ1) is 13.2. The molecule has 1 aromatic rings. The summed E-state index contributed by atoms with van der Waals surface area (Å²) >= 11 is 1.90. The molecule has 18 heavy (non-hydrogen) atoms. The molecule has 96 valence electrons. The summed E-state index contributed by atoms with van der Waals surface area (Å²) in [5.41, 5.74) is 0.895. The highest BCUT2D eigenvalue weighted by Gasteiger charge is 2.32. The Morgan fingerprint density at radius 2 is 2.28 bits per heavy atom. The second kappa shape index (κ2) is 5.19. The van der Waals surface area contributed by atoms with Gasteiger partial charge in [0.1, 0.15) is 17.4 Å². The fourth-order valence-electron chi connectivity index (χ4n) is 2.12. The molecule has 0 bridgehead atoms. The maximum atomic E-state index is 13.5. The molecule has 1 aliphatic heterocycles. The lowest BCUT2D eigenvalue weighted by Crippen LogP contribution is -2.41. The van der Waals surface area contributed by atoms with Crippen LogP contribution in [0.25, 0.3) is 0 Å². The van der Waals surface area contributed by atoms with Gasteiger partial charge in [-0.2, -0.15) is 17.0 Å². The van der Waals surface area contributed by atoms with E-state index >= 15 is 0 Å². The lowest BCUT2D eigenvalue weighted by molar-refractivity contribution is 0.305. The Kier molecular flexibility index (Phi) is 3.82. The van der Waals surface area contributed by atoms with Gasteiger partial charge in [-0.05, 0) is 29.7 Å². The number of anilines is 1. The molecular formula is C14H17FN2S. The van der Waals surface area contributed by atoms with Crippen molar-refractivity contribution in [3.8, 4) is 6.07 Å². The maximum absolute atomic E-state index is 13.5. The van der Waals surface area contributed by atoms with E-state index in [-0.39, 0.29) is 17.0 Å². The Morgan fingerprint density at radius 1 is 1.50 bits per heavy atom. The van der Waals surface area contributed by atoms with Crippen molar-refractivity contribution in [1.29, 1.82) is 5.26 Å². The smallest absolute Gasteiger partial charge is 0.143 e. The predicted octanol–water partition coefficient (Wildman–Crippen LogP) is 3.64. The van der Waals surface area contributed by atoms with Crippen LogP contribution in [0.2, 0.25) is 0 Å². The zero-order chi connectivity index (χ0) is 13.2. The van der Waals surface area contributed by atoms with Crippen LogP contribution in [0, 0.1) is 22.6 Å².